The van der Waals surface area contributed by atoms with Crippen LogP contribution in [0, 0.1) is 0 Å². The van der Waals surface area contributed by atoms with Gasteiger partial charge in [-0.25, -0.2) is 9.97 Å². The number of ether oxygens (including phenoxy) is 1. The maximum atomic E-state index is 11.4. The molecule has 0 saturated carbocycles. The molecule has 3 N–H and O–H groups in total. The SMILES string of the molecule is COc1ccc(Cc2nc(CN)cc(=O)[nH]2)cn1. The standard InChI is InChI=1S/C12H14N4O2/c1-18-12-3-2-8(7-14-12)4-10-15-9(6-13)5-11(17)16-10/h2-3,5,7H,4,6,13H2,1H3,(H,15,16,17). The molecule has 2 aromatic heterocycles. The molecule has 0 aliphatic carbocycles. The zero-order chi connectivity index (χ0) is 13.0. The summed E-state index contributed by atoms with van der Waals surface area (Å²) in [6.45, 7) is 0.248. The van der Waals surface area contributed by atoms with Crippen molar-refractivity contribution in [2.75, 3.05) is 7.11 Å². The number of nitrogens with two attached hydrogens (primary N) is 1. The molecule has 0 radical (unpaired) electrons. The highest BCUT2D eigenvalue weighted by atomic mass is 16.5. The van der Waals surface area contributed by atoms with Crippen LogP contribution in [-0.4, -0.2) is 22.1 Å². The predicted molar refractivity (Wildman–Crippen MR) is 66.3 cm³/mol. The number of H-pyrrole nitrogens is 1. The Morgan fingerprint density at radius 2 is 2.28 bits per heavy atom. The van der Waals surface area contributed by atoms with E-state index in [-0.39, 0.29) is 12.1 Å². The Hall–Kier alpha value is -2.21. The molecule has 2 aromatic rings. The van der Waals surface area contributed by atoms with Crippen LogP contribution >= 0.6 is 0 Å². The molecule has 94 valence electrons. The van der Waals surface area contributed by atoms with Gasteiger partial charge in [0.25, 0.3) is 5.56 Å². The molecule has 0 fully saturated rings. The summed E-state index contributed by atoms with van der Waals surface area (Å²) in [6.07, 6.45) is 2.19. The number of nitrogens with one attached hydrogen (secondary N) is 1. The number of hydrogen-bond donors (Lipinski definition) is 2. The molecule has 0 amide bonds. The van der Waals surface area contributed by atoms with Gasteiger partial charge in [0.1, 0.15) is 5.82 Å². The van der Waals surface area contributed by atoms with Gasteiger partial charge in [0.05, 0.1) is 12.8 Å². The Morgan fingerprint density at radius 1 is 1.44 bits per heavy atom. The van der Waals surface area contributed by atoms with Crippen LogP contribution in [-0.2, 0) is 13.0 Å². The van der Waals surface area contributed by atoms with Crippen molar-refractivity contribution in [3.63, 3.8) is 0 Å². The van der Waals surface area contributed by atoms with Crippen LogP contribution in [0.5, 0.6) is 5.88 Å². The average Bonchev–Trinajstić information content (AvgIpc) is 2.39. The molecule has 0 aliphatic heterocycles. The lowest BCUT2D eigenvalue weighted by Gasteiger charge is -2.04. The fourth-order valence-corrected chi connectivity index (χ4v) is 1.58. The molecule has 0 spiro atoms. The highest BCUT2D eigenvalue weighted by Gasteiger charge is 2.03. The number of hydrogen-bond acceptors (Lipinski definition) is 5. The van der Waals surface area contributed by atoms with Gasteiger partial charge in [-0.15, -0.1) is 0 Å². The van der Waals surface area contributed by atoms with E-state index in [4.69, 9.17) is 10.5 Å². The third-order valence-electron chi connectivity index (χ3n) is 2.43. The minimum atomic E-state index is -0.193. The van der Waals surface area contributed by atoms with Crippen LogP contribution in [0.2, 0.25) is 0 Å². The van der Waals surface area contributed by atoms with E-state index in [0.717, 1.165) is 5.56 Å². The van der Waals surface area contributed by atoms with Crippen LogP contribution in [0.25, 0.3) is 0 Å². The van der Waals surface area contributed by atoms with Crippen LogP contribution in [0.1, 0.15) is 17.1 Å². The summed E-state index contributed by atoms with van der Waals surface area (Å²) in [7, 11) is 1.56. The van der Waals surface area contributed by atoms with Crippen LogP contribution in [0.3, 0.4) is 0 Å². The quantitative estimate of drug-likeness (QED) is 0.805. The predicted octanol–water partition coefficient (Wildman–Crippen LogP) is 0.223. The van der Waals surface area contributed by atoms with Crippen molar-refractivity contribution < 1.29 is 4.74 Å². The molecule has 0 unspecified atom stereocenters. The van der Waals surface area contributed by atoms with Gasteiger partial charge in [0, 0.05) is 31.3 Å². The zero-order valence-corrected chi connectivity index (χ0v) is 10.0. The lowest BCUT2D eigenvalue weighted by atomic mass is 10.2. The lowest BCUT2D eigenvalue weighted by molar-refractivity contribution is 0.397. The van der Waals surface area contributed by atoms with E-state index in [1.165, 1.54) is 6.07 Å². The van der Waals surface area contributed by atoms with E-state index >= 15 is 0 Å². The van der Waals surface area contributed by atoms with Gasteiger partial charge in [-0.3, -0.25) is 4.79 Å². The first-order valence-corrected chi connectivity index (χ1v) is 5.49. The first-order chi connectivity index (χ1) is 8.71. The molecular formula is C12H14N4O2. The Kier molecular flexibility index (Phi) is 3.69. The normalized spacial score (nSPS) is 10.3. The van der Waals surface area contributed by atoms with Crippen molar-refractivity contribution in [2.45, 2.75) is 13.0 Å². The largest absolute Gasteiger partial charge is 0.481 e. The Balaban J connectivity index is 2.22. The van der Waals surface area contributed by atoms with Crippen molar-refractivity contribution >= 4 is 0 Å². The van der Waals surface area contributed by atoms with Gasteiger partial charge in [0.2, 0.25) is 5.88 Å². The first-order valence-electron chi connectivity index (χ1n) is 5.49. The fourth-order valence-electron chi connectivity index (χ4n) is 1.58. The summed E-state index contributed by atoms with van der Waals surface area (Å²) in [5.41, 5.74) is 6.80. The van der Waals surface area contributed by atoms with Gasteiger partial charge in [-0.1, -0.05) is 6.07 Å². The van der Waals surface area contributed by atoms with E-state index in [9.17, 15) is 4.79 Å². The van der Waals surface area contributed by atoms with Gasteiger partial charge in [-0.2, -0.15) is 0 Å². The molecule has 0 aromatic carbocycles. The van der Waals surface area contributed by atoms with Crippen molar-refractivity contribution in [3.8, 4) is 5.88 Å². The van der Waals surface area contributed by atoms with Gasteiger partial charge < -0.3 is 15.5 Å². The molecule has 2 heterocycles. The van der Waals surface area contributed by atoms with Crippen LogP contribution in [0.15, 0.2) is 29.2 Å². The zero-order valence-electron chi connectivity index (χ0n) is 10.0. The van der Waals surface area contributed by atoms with Crippen molar-refractivity contribution in [2.24, 2.45) is 5.73 Å². The number of rotatable bonds is 4. The van der Waals surface area contributed by atoms with Crippen LogP contribution in [0.4, 0.5) is 0 Å². The van der Waals surface area contributed by atoms with Gasteiger partial charge in [-0.05, 0) is 5.56 Å². The minimum Gasteiger partial charge on any atom is -0.481 e. The topological polar surface area (TPSA) is 93.9 Å². The molecule has 0 saturated heterocycles. The van der Waals surface area contributed by atoms with Crippen molar-refractivity contribution in [1.29, 1.82) is 0 Å². The number of aromatic nitrogens is 3. The van der Waals surface area contributed by atoms with E-state index in [1.807, 2.05) is 6.07 Å². The molecular weight excluding hydrogens is 232 g/mol. The molecule has 6 nitrogen and oxygen atoms in total. The first kappa shape index (κ1) is 12.3. The highest BCUT2D eigenvalue weighted by Crippen LogP contribution is 2.09. The van der Waals surface area contributed by atoms with Gasteiger partial charge >= 0.3 is 0 Å². The van der Waals surface area contributed by atoms with Crippen LogP contribution < -0.4 is 16.0 Å². The number of methoxy groups -OCH3 is 1. The molecule has 18 heavy (non-hydrogen) atoms. The molecule has 0 bridgehead atoms. The Labute approximate surface area is 104 Å². The number of aromatic amines is 1. The monoisotopic (exact) mass is 246 g/mol. The molecule has 2 rings (SSSR count). The second-order valence-electron chi connectivity index (χ2n) is 3.77. The van der Waals surface area contributed by atoms with E-state index in [0.29, 0.717) is 23.8 Å². The molecule has 6 heteroatoms. The lowest BCUT2D eigenvalue weighted by Crippen LogP contribution is -2.15. The van der Waals surface area contributed by atoms with Crippen molar-refractivity contribution in [3.05, 3.63) is 51.8 Å². The summed E-state index contributed by atoms with van der Waals surface area (Å²) in [4.78, 5) is 22.4. The average molecular weight is 246 g/mol. The number of pyridine rings is 1. The maximum Gasteiger partial charge on any atom is 0.251 e. The van der Waals surface area contributed by atoms with E-state index in [2.05, 4.69) is 15.0 Å². The maximum absolute atomic E-state index is 11.4. The second-order valence-corrected chi connectivity index (χ2v) is 3.77. The molecule has 0 aliphatic rings. The Morgan fingerprint density at radius 3 is 2.89 bits per heavy atom. The summed E-state index contributed by atoms with van der Waals surface area (Å²) in [5, 5.41) is 0. The van der Waals surface area contributed by atoms with E-state index in [1.54, 1.807) is 19.4 Å². The number of nitrogens with zero attached hydrogens (tertiary/aromatic N) is 2. The third kappa shape index (κ3) is 2.92. The van der Waals surface area contributed by atoms with Crippen molar-refractivity contribution in [1.82, 2.24) is 15.0 Å². The van der Waals surface area contributed by atoms with E-state index < -0.39 is 0 Å². The molecule has 0 atom stereocenters. The van der Waals surface area contributed by atoms with Gasteiger partial charge in [0.15, 0.2) is 0 Å². The summed E-state index contributed by atoms with van der Waals surface area (Å²) in [5.74, 6) is 1.13. The summed E-state index contributed by atoms with van der Waals surface area (Å²) in [6, 6.07) is 5.04. The smallest absolute Gasteiger partial charge is 0.251 e. The highest BCUT2D eigenvalue weighted by molar-refractivity contribution is 5.21. The summed E-state index contributed by atoms with van der Waals surface area (Å²) >= 11 is 0. The second kappa shape index (κ2) is 5.42. The third-order valence-corrected chi connectivity index (χ3v) is 2.43. The Bertz CT molecular complexity index is 577. The minimum absolute atomic E-state index is 0.193. The summed E-state index contributed by atoms with van der Waals surface area (Å²) < 4.78 is 4.97. The fraction of sp³-hybridized carbons (Fsp3) is 0.250.